The van der Waals surface area contributed by atoms with Crippen molar-refractivity contribution in [3.8, 4) is 0 Å². The molecule has 2 aliphatic heterocycles. The molecule has 0 aliphatic carbocycles. The molecule has 0 aromatic carbocycles. The first-order valence-corrected chi connectivity index (χ1v) is 6.43. The number of halogens is 1. The van der Waals surface area contributed by atoms with E-state index in [2.05, 4.69) is 20.8 Å². The molecule has 2 aliphatic rings. The Kier molecular flexibility index (Phi) is 3.27. The third-order valence-corrected chi connectivity index (χ3v) is 3.97. The monoisotopic (exact) mass is 247 g/mol. The van der Waals surface area contributed by atoms with Crippen LogP contribution in [0.5, 0.6) is 0 Å². The van der Waals surface area contributed by atoms with Crippen LogP contribution in [-0.4, -0.2) is 40.1 Å². The normalized spacial score (nSPS) is 39.7. The lowest BCUT2D eigenvalue weighted by molar-refractivity contribution is 0.0358. The number of alkyl halides is 1. The van der Waals surface area contributed by atoms with Gasteiger partial charge in [-0.05, 0) is 38.6 Å². The third-order valence-electron chi connectivity index (χ3n) is 3.41. The number of nitrogens with zero attached hydrogens (tertiary/aromatic N) is 1. The van der Waals surface area contributed by atoms with Gasteiger partial charge in [0, 0.05) is 17.4 Å². The Labute approximate surface area is 88.4 Å². The Hall–Kier alpha value is 0.400. The highest BCUT2D eigenvalue weighted by Crippen LogP contribution is 2.35. The SMILES string of the molecule is OC1CC2CCC(C1)N2CCCBr. The number of aliphatic hydroxyl groups is 1. The van der Waals surface area contributed by atoms with Crippen LogP contribution in [0.25, 0.3) is 0 Å². The molecule has 76 valence electrons. The molecule has 2 rings (SSSR count). The van der Waals surface area contributed by atoms with Crippen LogP contribution in [0.15, 0.2) is 0 Å². The average Bonchev–Trinajstić information content (AvgIpc) is 2.33. The van der Waals surface area contributed by atoms with Crippen molar-refractivity contribution >= 4 is 15.9 Å². The molecular weight excluding hydrogens is 230 g/mol. The Morgan fingerprint density at radius 2 is 1.85 bits per heavy atom. The topological polar surface area (TPSA) is 23.5 Å². The summed E-state index contributed by atoms with van der Waals surface area (Å²) in [6, 6.07) is 1.38. The summed E-state index contributed by atoms with van der Waals surface area (Å²) < 4.78 is 0. The van der Waals surface area contributed by atoms with Crippen LogP contribution >= 0.6 is 15.9 Å². The molecular formula is C10H18BrNO. The standard InChI is InChI=1S/C10H18BrNO/c11-4-1-5-12-8-2-3-9(12)7-10(13)6-8/h8-10,13H,1-7H2. The van der Waals surface area contributed by atoms with Gasteiger partial charge in [-0.2, -0.15) is 0 Å². The van der Waals surface area contributed by atoms with E-state index in [-0.39, 0.29) is 6.10 Å². The molecule has 0 aromatic rings. The highest BCUT2D eigenvalue weighted by Gasteiger charge is 2.39. The van der Waals surface area contributed by atoms with Crippen molar-refractivity contribution in [3.05, 3.63) is 0 Å². The van der Waals surface area contributed by atoms with E-state index in [1.807, 2.05) is 0 Å². The second kappa shape index (κ2) is 4.28. The summed E-state index contributed by atoms with van der Waals surface area (Å²) in [5.41, 5.74) is 0. The van der Waals surface area contributed by atoms with E-state index in [0.717, 1.165) is 18.2 Å². The summed E-state index contributed by atoms with van der Waals surface area (Å²) in [5.74, 6) is 0. The maximum atomic E-state index is 9.60. The number of hydrogen-bond donors (Lipinski definition) is 1. The predicted octanol–water partition coefficient (Wildman–Crippen LogP) is 1.76. The average molecular weight is 248 g/mol. The first kappa shape index (κ1) is 9.94. The van der Waals surface area contributed by atoms with Gasteiger partial charge >= 0.3 is 0 Å². The van der Waals surface area contributed by atoms with Gasteiger partial charge in [0.15, 0.2) is 0 Å². The number of piperidine rings is 1. The molecule has 0 spiro atoms. The third kappa shape index (κ3) is 2.08. The van der Waals surface area contributed by atoms with Crippen LogP contribution in [0.2, 0.25) is 0 Å². The van der Waals surface area contributed by atoms with Gasteiger partial charge in [-0.1, -0.05) is 15.9 Å². The Bertz CT molecular complexity index is 162. The number of hydrogen-bond acceptors (Lipinski definition) is 2. The molecule has 2 heterocycles. The maximum Gasteiger partial charge on any atom is 0.0570 e. The molecule has 1 N–H and O–H groups in total. The summed E-state index contributed by atoms with van der Waals surface area (Å²) in [5, 5.41) is 10.7. The molecule has 0 amide bonds. The van der Waals surface area contributed by atoms with Crippen LogP contribution in [0, 0.1) is 0 Å². The summed E-state index contributed by atoms with van der Waals surface area (Å²) in [6.07, 6.45) is 5.87. The molecule has 0 radical (unpaired) electrons. The first-order chi connectivity index (χ1) is 6.31. The predicted molar refractivity (Wildman–Crippen MR) is 57.2 cm³/mol. The fraction of sp³-hybridized carbons (Fsp3) is 1.00. The molecule has 2 fully saturated rings. The molecule has 13 heavy (non-hydrogen) atoms. The van der Waals surface area contributed by atoms with Crippen LogP contribution < -0.4 is 0 Å². The van der Waals surface area contributed by atoms with Crippen molar-refractivity contribution in [3.63, 3.8) is 0 Å². The van der Waals surface area contributed by atoms with Crippen LogP contribution in [0.1, 0.15) is 32.1 Å². The van der Waals surface area contributed by atoms with Crippen LogP contribution in [0.4, 0.5) is 0 Å². The van der Waals surface area contributed by atoms with Crippen molar-refractivity contribution in [1.82, 2.24) is 4.90 Å². The second-order valence-corrected chi connectivity index (χ2v) is 5.08. The van der Waals surface area contributed by atoms with Gasteiger partial charge in [-0.25, -0.2) is 0 Å². The smallest absolute Gasteiger partial charge is 0.0570 e. The van der Waals surface area contributed by atoms with Gasteiger partial charge in [-0.3, -0.25) is 4.90 Å². The van der Waals surface area contributed by atoms with Gasteiger partial charge in [0.2, 0.25) is 0 Å². The van der Waals surface area contributed by atoms with Crippen LogP contribution in [0.3, 0.4) is 0 Å². The largest absolute Gasteiger partial charge is 0.393 e. The fourth-order valence-corrected chi connectivity index (χ4v) is 3.10. The molecule has 2 nitrogen and oxygen atoms in total. The minimum atomic E-state index is -0.0160. The van der Waals surface area contributed by atoms with Gasteiger partial charge < -0.3 is 5.11 Å². The summed E-state index contributed by atoms with van der Waals surface area (Å²) in [7, 11) is 0. The lowest BCUT2D eigenvalue weighted by Crippen LogP contribution is -2.45. The highest BCUT2D eigenvalue weighted by atomic mass is 79.9. The van der Waals surface area contributed by atoms with E-state index in [1.165, 1.54) is 25.8 Å². The minimum Gasteiger partial charge on any atom is -0.393 e. The molecule has 2 atom stereocenters. The Morgan fingerprint density at radius 3 is 2.38 bits per heavy atom. The van der Waals surface area contributed by atoms with E-state index in [9.17, 15) is 5.11 Å². The first-order valence-electron chi connectivity index (χ1n) is 5.31. The van der Waals surface area contributed by atoms with Gasteiger partial charge in [0.25, 0.3) is 0 Å². The number of fused-ring (bicyclic) bond motifs is 2. The van der Waals surface area contributed by atoms with Crippen molar-refractivity contribution in [2.75, 3.05) is 11.9 Å². The molecule has 3 heteroatoms. The molecule has 2 unspecified atom stereocenters. The van der Waals surface area contributed by atoms with E-state index in [1.54, 1.807) is 0 Å². The zero-order chi connectivity index (χ0) is 9.26. The van der Waals surface area contributed by atoms with E-state index in [4.69, 9.17) is 0 Å². The molecule has 2 bridgehead atoms. The lowest BCUT2D eigenvalue weighted by Gasteiger charge is -2.37. The van der Waals surface area contributed by atoms with Crippen molar-refractivity contribution < 1.29 is 5.11 Å². The molecule has 0 aromatic heterocycles. The van der Waals surface area contributed by atoms with E-state index >= 15 is 0 Å². The highest BCUT2D eigenvalue weighted by molar-refractivity contribution is 9.09. The second-order valence-electron chi connectivity index (χ2n) is 4.29. The van der Waals surface area contributed by atoms with E-state index in [0.29, 0.717) is 12.1 Å². The number of rotatable bonds is 3. The Balaban J connectivity index is 1.90. The molecule has 0 saturated carbocycles. The summed E-state index contributed by atoms with van der Waals surface area (Å²) in [4.78, 5) is 2.62. The summed E-state index contributed by atoms with van der Waals surface area (Å²) in [6.45, 7) is 1.22. The van der Waals surface area contributed by atoms with Crippen molar-refractivity contribution in [1.29, 1.82) is 0 Å². The Morgan fingerprint density at radius 1 is 1.23 bits per heavy atom. The fourth-order valence-electron chi connectivity index (χ4n) is 2.85. The van der Waals surface area contributed by atoms with Gasteiger partial charge in [-0.15, -0.1) is 0 Å². The molecule has 2 saturated heterocycles. The number of aliphatic hydroxyl groups excluding tert-OH is 1. The zero-order valence-corrected chi connectivity index (χ0v) is 9.54. The van der Waals surface area contributed by atoms with Gasteiger partial charge in [0.05, 0.1) is 6.10 Å². The minimum absolute atomic E-state index is 0.0160. The summed E-state index contributed by atoms with van der Waals surface area (Å²) >= 11 is 3.47. The van der Waals surface area contributed by atoms with Crippen LogP contribution in [-0.2, 0) is 0 Å². The van der Waals surface area contributed by atoms with Gasteiger partial charge in [0.1, 0.15) is 0 Å². The lowest BCUT2D eigenvalue weighted by atomic mass is 10.00. The van der Waals surface area contributed by atoms with E-state index < -0.39 is 0 Å². The maximum absolute atomic E-state index is 9.60. The quantitative estimate of drug-likeness (QED) is 0.769. The van der Waals surface area contributed by atoms with Crippen molar-refractivity contribution in [2.45, 2.75) is 50.3 Å². The zero-order valence-electron chi connectivity index (χ0n) is 7.95. The van der Waals surface area contributed by atoms with Crippen molar-refractivity contribution in [2.24, 2.45) is 0 Å².